The minimum Gasteiger partial charge on any atom is -0.496 e. The number of methoxy groups -OCH3 is 2. The topological polar surface area (TPSA) is 47.9 Å². The molecule has 17 heavy (non-hydrogen) atoms. The van der Waals surface area contributed by atoms with Gasteiger partial charge >= 0.3 is 5.97 Å². The second kappa shape index (κ2) is 5.50. The van der Waals surface area contributed by atoms with Crippen LogP contribution in [-0.4, -0.2) is 26.9 Å². The van der Waals surface area contributed by atoms with Gasteiger partial charge in [-0.15, -0.1) is 0 Å². The molecule has 0 spiro atoms. The monoisotopic (exact) mass is 253 g/mol. The zero-order chi connectivity index (χ0) is 13.0. The van der Waals surface area contributed by atoms with Crippen LogP contribution >= 0.6 is 11.6 Å². The molecule has 0 atom stereocenters. The number of carbonyl (C=O) groups is 1. The molecule has 0 aromatic heterocycles. The summed E-state index contributed by atoms with van der Waals surface area (Å²) in [6, 6.07) is 3.08. The molecule has 5 heteroatoms. The number of ether oxygens (including phenoxy) is 2. The standard InChI is InChI=1S/C12H12ClNO3/c1-7(13)8-6-11(16-3)9(12(15)17-4)5-10(8)14-2/h5-6H,1-2H2,3-4H3. The zero-order valence-corrected chi connectivity index (χ0v) is 10.4. The number of halogens is 1. The van der Waals surface area contributed by atoms with Crippen LogP contribution in [0, 0.1) is 0 Å². The molecule has 0 fully saturated rings. The number of benzene rings is 1. The van der Waals surface area contributed by atoms with E-state index in [1.54, 1.807) is 6.07 Å². The molecule has 0 saturated carbocycles. The maximum atomic E-state index is 11.5. The Kier molecular flexibility index (Phi) is 4.29. The van der Waals surface area contributed by atoms with E-state index in [2.05, 4.69) is 23.0 Å². The molecule has 0 radical (unpaired) electrons. The van der Waals surface area contributed by atoms with Crippen molar-refractivity contribution in [3.63, 3.8) is 0 Å². The fraction of sp³-hybridized carbons (Fsp3) is 0.167. The summed E-state index contributed by atoms with van der Waals surface area (Å²) < 4.78 is 9.74. The van der Waals surface area contributed by atoms with E-state index in [1.807, 2.05) is 0 Å². The summed E-state index contributed by atoms with van der Waals surface area (Å²) >= 11 is 5.83. The molecule has 0 aliphatic heterocycles. The Morgan fingerprint density at radius 3 is 2.41 bits per heavy atom. The second-order valence-corrected chi connectivity index (χ2v) is 3.58. The fourth-order valence-corrected chi connectivity index (χ4v) is 1.51. The first kappa shape index (κ1) is 13.3. The molecule has 0 amide bonds. The van der Waals surface area contributed by atoms with Crippen LogP contribution in [0.15, 0.2) is 23.7 Å². The highest BCUT2D eigenvalue weighted by Gasteiger charge is 2.17. The smallest absolute Gasteiger partial charge is 0.341 e. The number of carbonyl (C=O) groups excluding carboxylic acids is 1. The van der Waals surface area contributed by atoms with Gasteiger partial charge in [0.15, 0.2) is 0 Å². The van der Waals surface area contributed by atoms with Crippen molar-refractivity contribution in [1.29, 1.82) is 0 Å². The van der Waals surface area contributed by atoms with E-state index in [0.29, 0.717) is 22.0 Å². The molecular weight excluding hydrogens is 242 g/mol. The third-order valence-corrected chi connectivity index (χ3v) is 2.39. The maximum Gasteiger partial charge on any atom is 0.341 e. The lowest BCUT2D eigenvalue weighted by Gasteiger charge is -2.11. The average Bonchev–Trinajstić information content (AvgIpc) is 2.35. The summed E-state index contributed by atoms with van der Waals surface area (Å²) in [6.45, 7) is 7.02. The van der Waals surface area contributed by atoms with E-state index in [4.69, 9.17) is 16.3 Å². The van der Waals surface area contributed by atoms with E-state index < -0.39 is 5.97 Å². The Hall–Kier alpha value is -1.81. The van der Waals surface area contributed by atoms with Crippen LogP contribution in [0.5, 0.6) is 5.75 Å². The van der Waals surface area contributed by atoms with E-state index >= 15 is 0 Å². The lowest BCUT2D eigenvalue weighted by atomic mass is 10.1. The van der Waals surface area contributed by atoms with Gasteiger partial charge in [-0.2, -0.15) is 0 Å². The van der Waals surface area contributed by atoms with E-state index in [9.17, 15) is 4.79 Å². The summed E-state index contributed by atoms with van der Waals surface area (Å²) in [7, 11) is 2.74. The lowest BCUT2D eigenvalue weighted by Crippen LogP contribution is -2.04. The van der Waals surface area contributed by atoms with Crippen molar-refractivity contribution >= 4 is 35.0 Å². The molecule has 4 nitrogen and oxygen atoms in total. The van der Waals surface area contributed by atoms with Crippen LogP contribution in [0.2, 0.25) is 0 Å². The molecule has 1 aromatic carbocycles. The third kappa shape index (κ3) is 2.65. The van der Waals surface area contributed by atoms with Crippen molar-refractivity contribution < 1.29 is 14.3 Å². The summed E-state index contributed by atoms with van der Waals surface area (Å²) in [5, 5.41) is 0.294. The van der Waals surface area contributed by atoms with Crippen molar-refractivity contribution in [3.8, 4) is 5.75 Å². The Labute approximate surface area is 105 Å². The van der Waals surface area contributed by atoms with Gasteiger partial charge in [-0.25, -0.2) is 4.79 Å². The normalized spacial score (nSPS) is 9.59. The first-order valence-corrected chi connectivity index (χ1v) is 5.04. The van der Waals surface area contributed by atoms with Gasteiger partial charge in [0, 0.05) is 10.6 Å². The number of rotatable bonds is 4. The first-order valence-electron chi connectivity index (χ1n) is 4.67. The predicted molar refractivity (Wildman–Crippen MR) is 68.4 cm³/mol. The fourth-order valence-electron chi connectivity index (χ4n) is 1.35. The summed E-state index contributed by atoms with van der Waals surface area (Å²) in [5.74, 6) is -0.167. The number of esters is 1. The largest absolute Gasteiger partial charge is 0.496 e. The quantitative estimate of drug-likeness (QED) is 0.612. The average molecular weight is 254 g/mol. The van der Waals surface area contributed by atoms with Crippen LogP contribution < -0.4 is 4.74 Å². The summed E-state index contributed by atoms with van der Waals surface area (Å²) in [5.41, 5.74) is 1.27. The molecule has 90 valence electrons. The molecule has 0 bridgehead atoms. The van der Waals surface area contributed by atoms with Gasteiger partial charge in [-0.3, -0.25) is 4.99 Å². The zero-order valence-electron chi connectivity index (χ0n) is 9.62. The van der Waals surface area contributed by atoms with Crippen molar-refractivity contribution in [2.45, 2.75) is 0 Å². The molecule has 0 aliphatic carbocycles. The Morgan fingerprint density at radius 2 is 2.00 bits per heavy atom. The molecular formula is C12H12ClNO3. The highest BCUT2D eigenvalue weighted by atomic mass is 35.5. The number of nitrogens with zero attached hydrogens (tertiary/aromatic N) is 1. The van der Waals surface area contributed by atoms with Gasteiger partial charge in [0.2, 0.25) is 0 Å². The van der Waals surface area contributed by atoms with Gasteiger partial charge in [-0.1, -0.05) is 18.2 Å². The Bertz CT molecular complexity index is 483. The molecule has 1 aromatic rings. The SMILES string of the molecule is C=Nc1cc(C(=O)OC)c(OC)cc1C(=C)Cl. The highest BCUT2D eigenvalue weighted by Crippen LogP contribution is 2.34. The molecule has 0 saturated heterocycles. The Balaban J connectivity index is 3.48. The van der Waals surface area contributed by atoms with Gasteiger partial charge in [0.05, 0.1) is 19.9 Å². The van der Waals surface area contributed by atoms with E-state index in [-0.39, 0.29) is 5.56 Å². The van der Waals surface area contributed by atoms with Gasteiger partial charge in [-0.05, 0) is 18.9 Å². The molecule has 0 N–H and O–H groups in total. The van der Waals surface area contributed by atoms with Crippen molar-refractivity contribution in [2.75, 3.05) is 14.2 Å². The van der Waals surface area contributed by atoms with E-state index in [0.717, 1.165) is 0 Å². The lowest BCUT2D eigenvalue weighted by molar-refractivity contribution is 0.0597. The van der Waals surface area contributed by atoms with E-state index in [1.165, 1.54) is 20.3 Å². The number of aliphatic imine (C=N–C) groups is 1. The van der Waals surface area contributed by atoms with Gasteiger partial charge in [0.25, 0.3) is 0 Å². The third-order valence-electron chi connectivity index (χ3n) is 2.19. The first-order chi connectivity index (χ1) is 8.04. The second-order valence-electron chi connectivity index (χ2n) is 3.12. The number of hydrogen-bond acceptors (Lipinski definition) is 4. The van der Waals surface area contributed by atoms with Gasteiger partial charge < -0.3 is 9.47 Å². The van der Waals surface area contributed by atoms with Crippen LogP contribution in [0.3, 0.4) is 0 Å². The predicted octanol–water partition coefficient (Wildman–Crippen LogP) is 3.02. The van der Waals surface area contributed by atoms with Crippen molar-refractivity contribution in [1.82, 2.24) is 0 Å². The van der Waals surface area contributed by atoms with Crippen LogP contribution in [0.25, 0.3) is 5.03 Å². The molecule has 0 heterocycles. The highest BCUT2D eigenvalue weighted by molar-refractivity contribution is 6.48. The molecule has 0 aliphatic rings. The molecule has 1 rings (SSSR count). The summed E-state index contributed by atoms with van der Waals surface area (Å²) in [4.78, 5) is 15.3. The van der Waals surface area contributed by atoms with Crippen LogP contribution in [-0.2, 0) is 4.74 Å². The maximum absolute atomic E-state index is 11.5. The van der Waals surface area contributed by atoms with Crippen molar-refractivity contribution in [3.05, 3.63) is 29.8 Å². The minimum atomic E-state index is -0.515. The number of hydrogen-bond donors (Lipinski definition) is 0. The summed E-state index contributed by atoms with van der Waals surface area (Å²) in [6.07, 6.45) is 0. The van der Waals surface area contributed by atoms with Crippen LogP contribution in [0.4, 0.5) is 5.69 Å². The van der Waals surface area contributed by atoms with Gasteiger partial charge in [0.1, 0.15) is 11.3 Å². The Morgan fingerprint density at radius 1 is 1.35 bits per heavy atom. The van der Waals surface area contributed by atoms with Crippen LogP contribution in [0.1, 0.15) is 15.9 Å². The van der Waals surface area contributed by atoms with Crippen molar-refractivity contribution in [2.24, 2.45) is 4.99 Å². The minimum absolute atomic E-state index is 0.263. The molecule has 0 unspecified atom stereocenters.